The summed E-state index contributed by atoms with van der Waals surface area (Å²) in [7, 11) is 1.32. The molecule has 1 heterocycles. The molecule has 7 heteroatoms. The standard InChI is InChI=1S/C25H23N3O4/c1-17(23(25(30)32-3)16-18-5-4-6-22(15-18)26-2)27-24(29)21-9-7-19(8-10-21)20-11-13-28(31)14-12-20/h4-15,17,23H,16H2,1,3H3,(H,27,29)/t17-,23?/m1/s1. The van der Waals surface area contributed by atoms with E-state index in [4.69, 9.17) is 11.3 Å². The summed E-state index contributed by atoms with van der Waals surface area (Å²) in [4.78, 5) is 28.6. The number of methoxy groups -OCH3 is 1. The lowest BCUT2D eigenvalue weighted by molar-refractivity contribution is -0.605. The Bertz CT molecular complexity index is 1140. The van der Waals surface area contributed by atoms with Gasteiger partial charge in [-0.2, -0.15) is 4.73 Å². The molecular weight excluding hydrogens is 406 g/mol. The van der Waals surface area contributed by atoms with Crippen molar-refractivity contribution in [3.05, 3.63) is 101 Å². The van der Waals surface area contributed by atoms with Gasteiger partial charge in [-0.05, 0) is 36.6 Å². The summed E-state index contributed by atoms with van der Waals surface area (Å²) in [6.07, 6.45) is 3.17. The van der Waals surface area contributed by atoms with Gasteiger partial charge in [0.1, 0.15) is 0 Å². The van der Waals surface area contributed by atoms with Crippen molar-refractivity contribution in [1.29, 1.82) is 0 Å². The summed E-state index contributed by atoms with van der Waals surface area (Å²) in [6.45, 7) is 8.92. The van der Waals surface area contributed by atoms with Crippen LogP contribution in [0.15, 0.2) is 73.1 Å². The number of esters is 1. The predicted octanol–water partition coefficient (Wildman–Crippen LogP) is 3.69. The number of nitrogens with one attached hydrogen (secondary N) is 1. The first-order valence-electron chi connectivity index (χ1n) is 10.1. The molecule has 0 fully saturated rings. The van der Waals surface area contributed by atoms with Crippen LogP contribution in [0, 0.1) is 17.7 Å². The average Bonchev–Trinajstić information content (AvgIpc) is 2.82. The largest absolute Gasteiger partial charge is 0.619 e. The molecule has 0 radical (unpaired) electrons. The summed E-state index contributed by atoms with van der Waals surface area (Å²) in [5.74, 6) is -1.34. The molecule has 1 unspecified atom stereocenters. The minimum atomic E-state index is -0.604. The van der Waals surface area contributed by atoms with Crippen LogP contribution in [-0.4, -0.2) is 25.0 Å². The lowest BCUT2D eigenvalue weighted by atomic mass is 9.92. The molecule has 1 N–H and O–H groups in total. The molecule has 32 heavy (non-hydrogen) atoms. The predicted molar refractivity (Wildman–Crippen MR) is 120 cm³/mol. The molecule has 0 aliphatic heterocycles. The molecule has 3 rings (SSSR count). The fraction of sp³-hybridized carbons (Fsp3) is 0.200. The van der Waals surface area contributed by atoms with E-state index in [1.54, 1.807) is 61.5 Å². The summed E-state index contributed by atoms with van der Waals surface area (Å²) < 4.78 is 5.66. The lowest BCUT2D eigenvalue weighted by Crippen LogP contribution is -2.42. The zero-order chi connectivity index (χ0) is 23.1. The van der Waals surface area contributed by atoms with Crippen LogP contribution in [0.5, 0.6) is 0 Å². The van der Waals surface area contributed by atoms with Crippen LogP contribution in [0.4, 0.5) is 5.69 Å². The van der Waals surface area contributed by atoms with Crippen molar-refractivity contribution in [2.75, 3.05) is 7.11 Å². The van der Waals surface area contributed by atoms with E-state index in [9.17, 15) is 14.8 Å². The maximum absolute atomic E-state index is 12.8. The van der Waals surface area contributed by atoms with Crippen molar-refractivity contribution >= 4 is 17.6 Å². The third-order valence-electron chi connectivity index (χ3n) is 5.24. The smallest absolute Gasteiger partial charge is 0.311 e. The van der Waals surface area contributed by atoms with Gasteiger partial charge >= 0.3 is 5.97 Å². The van der Waals surface area contributed by atoms with Crippen molar-refractivity contribution < 1.29 is 19.1 Å². The van der Waals surface area contributed by atoms with Gasteiger partial charge < -0.3 is 15.3 Å². The van der Waals surface area contributed by atoms with Crippen LogP contribution < -0.4 is 10.0 Å². The van der Waals surface area contributed by atoms with Crippen molar-refractivity contribution in [3.8, 4) is 11.1 Å². The second kappa shape index (κ2) is 10.2. The number of hydrogen-bond acceptors (Lipinski definition) is 4. The van der Waals surface area contributed by atoms with Gasteiger partial charge in [0, 0.05) is 23.7 Å². The number of amides is 1. The highest BCUT2D eigenvalue weighted by molar-refractivity contribution is 5.95. The lowest BCUT2D eigenvalue weighted by Gasteiger charge is -2.23. The number of rotatable bonds is 7. The van der Waals surface area contributed by atoms with E-state index in [1.807, 2.05) is 6.07 Å². The van der Waals surface area contributed by atoms with Crippen LogP contribution in [0.25, 0.3) is 16.0 Å². The van der Waals surface area contributed by atoms with E-state index in [0.29, 0.717) is 22.4 Å². The van der Waals surface area contributed by atoms with Crippen molar-refractivity contribution in [2.24, 2.45) is 5.92 Å². The van der Waals surface area contributed by atoms with Gasteiger partial charge in [0.2, 0.25) is 0 Å². The highest BCUT2D eigenvalue weighted by atomic mass is 16.5. The molecule has 0 spiro atoms. The molecule has 2 aromatic carbocycles. The molecule has 3 aromatic rings. The quantitative estimate of drug-likeness (QED) is 0.269. The number of benzene rings is 2. The Morgan fingerprint density at radius 2 is 1.75 bits per heavy atom. The molecular formula is C25H23N3O4. The average molecular weight is 429 g/mol. The van der Waals surface area contributed by atoms with Gasteiger partial charge in [-0.15, -0.1) is 0 Å². The molecule has 0 saturated heterocycles. The van der Waals surface area contributed by atoms with Crippen LogP contribution in [0.2, 0.25) is 0 Å². The maximum Gasteiger partial charge on any atom is 0.311 e. The number of ether oxygens (including phenoxy) is 1. The Kier molecular flexibility index (Phi) is 7.19. The molecule has 7 nitrogen and oxygen atoms in total. The normalized spacial score (nSPS) is 12.3. The zero-order valence-electron chi connectivity index (χ0n) is 17.8. The van der Waals surface area contributed by atoms with E-state index in [2.05, 4.69) is 10.2 Å². The fourth-order valence-electron chi connectivity index (χ4n) is 3.43. The number of carbonyl (C=O) groups excluding carboxylic acids is 2. The van der Waals surface area contributed by atoms with Crippen LogP contribution in [-0.2, 0) is 16.0 Å². The van der Waals surface area contributed by atoms with Gasteiger partial charge in [0.05, 0.1) is 19.6 Å². The molecule has 0 aliphatic carbocycles. The summed E-state index contributed by atoms with van der Waals surface area (Å²) in [5, 5.41) is 14.1. The summed E-state index contributed by atoms with van der Waals surface area (Å²) >= 11 is 0. The van der Waals surface area contributed by atoms with E-state index in [1.165, 1.54) is 19.5 Å². The Labute approximate surface area is 186 Å². The zero-order valence-corrected chi connectivity index (χ0v) is 17.8. The highest BCUT2D eigenvalue weighted by Crippen LogP contribution is 2.21. The topological polar surface area (TPSA) is 86.7 Å². The van der Waals surface area contributed by atoms with Crippen LogP contribution in [0.3, 0.4) is 0 Å². The molecule has 0 aliphatic rings. The second-order valence-electron chi connectivity index (χ2n) is 7.40. The Hall–Kier alpha value is -4.18. The molecule has 162 valence electrons. The first kappa shape index (κ1) is 22.5. The van der Waals surface area contributed by atoms with E-state index < -0.39 is 17.9 Å². The number of nitrogens with zero attached hydrogens (tertiary/aromatic N) is 2. The molecule has 0 bridgehead atoms. The number of pyridine rings is 1. The Balaban J connectivity index is 1.71. The second-order valence-corrected chi connectivity index (χ2v) is 7.40. The Morgan fingerprint density at radius 1 is 1.09 bits per heavy atom. The first-order valence-corrected chi connectivity index (χ1v) is 10.1. The minimum Gasteiger partial charge on any atom is -0.619 e. The van der Waals surface area contributed by atoms with Gasteiger partial charge in [-0.1, -0.05) is 42.0 Å². The first-order chi connectivity index (χ1) is 15.4. The summed E-state index contributed by atoms with van der Waals surface area (Å²) in [5.41, 5.74) is 3.51. The van der Waals surface area contributed by atoms with Gasteiger partial charge in [-0.25, -0.2) is 4.85 Å². The van der Waals surface area contributed by atoms with Crippen molar-refractivity contribution in [3.63, 3.8) is 0 Å². The monoisotopic (exact) mass is 429 g/mol. The highest BCUT2D eigenvalue weighted by Gasteiger charge is 2.28. The van der Waals surface area contributed by atoms with Crippen molar-refractivity contribution in [1.82, 2.24) is 5.32 Å². The third-order valence-corrected chi connectivity index (χ3v) is 5.24. The van der Waals surface area contributed by atoms with Gasteiger partial charge in [0.15, 0.2) is 18.1 Å². The maximum atomic E-state index is 12.8. The molecule has 0 saturated carbocycles. The molecule has 1 aromatic heterocycles. The third kappa shape index (κ3) is 5.49. The number of aromatic nitrogens is 1. The van der Waals surface area contributed by atoms with Gasteiger partial charge in [-0.3, -0.25) is 9.59 Å². The van der Waals surface area contributed by atoms with Crippen LogP contribution >= 0.6 is 0 Å². The van der Waals surface area contributed by atoms with E-state index in [0.717, 1.165) is 16.7 Å². The minimum absolute atomic E-state index is 0.307. The van der Waals surface area contributed by atoms with Crippen LogP contribution in [0.1, 0.15) is 22.8 Å². The number of carbonyl (C=O) groups is 2. The molecule has 2 atom stereocenters. The summed E-state index contributed by atoms with van der Waals surface area (Å²) in [6, 6.07) is 17.0. The fourth-order valence-corrected chi connectivity index (χ4v) is 3.43. The molecule has 1 amide bonds. The van der Waals surface area contributed by atoms with E-state index >= 15 is 0 Å². The van der Waals surface area contributed by atoms with Crippen molar-refractivity contribution in [2.45, 2.75) is 19.4 Å². The van der Waals surface area contributed by atoms with E-state index in [-0.39, 0.29) is 5.91 Å². The Morgan fingerprint density at radius 3 is 2.38 bits per heavy atom. The van der Waals surface area contributed by atoms with Gasteiger partial charge in [0.25, 0.3) is 5.91 Å². The number of hydrogen-bond donors (Lipinski definition) is 1. The SMILES string of the molecule is [C-]#[N+]c1cccc(CC(C(=O)OC)[C@@H](C)NC(=O)c2ccc(-c3cc[n+]([O-])cc3)cc2)c1.